The summed E-state index contributed by atoms with van der Waals surface area (Å²) in [6.45, 7) is 3.39. The van der Waals surface area contributed by atoms with Gasteiger partial charge in [-0.3, -0.25) is 10.2 Å². The number of aromatic nitrogens is 1. The minimum Gasteiger partial charge on any atom is -0.476 e. The number of nitrogens with one attached hydrogen (secondary N) is 5. The summed E-state index contributed by atoms with van der Waals surface area (Å²) < 4.78 is 5.81. The van der Waals surface area contributed by atoms with Crippen molar-refractivity contribution in [3.63, 3.8) is 0 Å². The quantitative estimate of drug-likeness (QED) is 0.453. The van der Waals surface area contributed by atoms with Gasteiger partial charge in [-0.1, -0.05) is 6.42 Å². The Morgan fingerprint density at radius 3 is 2.78 bits per heavy atom. The molecule has 0 spiro atoms. The maximum absolute atomic E-state index is 12.4. The van der Waals surface area contributed by atoms with E-state index in [1.807, 2.05) is 0 Å². The van der Waals surface area contributed by atoms with Crippen molar-refractivity contribution < 1.29 is 9.53 Å². The Morgan fingerprint density at radius 1 is 1.26 bits per heavy atom. The molecule has 3 rings (SSSR count). The Labute approximate surface area is 160 Å². The first-order valence-corrected chi connectivity index (χ1v) is 9.83. The summed E-state index contributed by atoms with van der Waals surface area (Å²) in [5, 5.41) is 20.9. The standard InChI is InChI=1S/C19H30N6O2/c1-21-18-15(17(20)19(26)24-13-7-10-22-11-8-13)5-6-16(25-18)27-12-14-4-2-3-9-23-14/h5-6,13-14,20,22-23H,2-4,7-12H2,1H3,(H,21,25)(H,24,26). The van der Waals surface area contributed by atoms with Crippen molar-refractivity contribution in [1.29, 1.82) is 5.41 Å². The summed E-state index contributed by atoms with van der Waals surface area (Å²) in [5.74, 6) is 0.622. The molecule has 2 saturated heterocycles. The van der Waals surface area contributed by atoms with Gasteiger partial charge in [0.05, 0.1) is 0 Å². The van der Waals surface area contributed by atoms with Crippen molar-refractivity contribution in [2.75, 3.05) is 38.6 Å². The van der Waals surface area contributed by atoms with E-state index < -0.39 is 0 Å². The Hall–Kier alpha value is -2.19. The van der Waals surface area contributed by atoms with E-state index in [-0.39, 0.29) is 17.7 Å². The van der Waals surface area contributed by atoms with Crippen LogP contribution in [-0.4, -0.2) is 62.0 Å². The van der Waals surface area contributed by atoms with Gasteiger partial charge >= 0.3 is 0 Å². The van der Waals surface area contributed by atoms with Crippen LogP contribution in [0.3, 0.4) is 0 Å². The molecule has 3 heterocycles. The highest BCUT2D eigenvalue weighted by Crippen LogP contribution is 2.19. The van der Waals surface area contributed by atoms with Crippen LogP contribution in [0.5, 0.6) is 5.88 Å². The molecule has 0 aromatic carbocycles. The van der Waals surface area contributed by atoms with Crippen LogP contribution in [0.2, 0.25) is 0 Å². The predicted octanol–water partition coefficient (Wildman–Crippen LogP) is 0.880. The third-order valence-corrected chi connectivity index (χ3v) is 5.12. The lowest BCUT2D eigenvalue weighted by molar-refractivity contribution is -0.115. The molecule has 8 nitrogen and oxygen atoms in total. The van der Waals surface area contributed by atoms with Crippen LogP contribution < -0.4 is 26.0 Å². The van der Waals surface area contributed by atoms with Gasteiger partial charge in [-0.2, -0.15) is 4.98 Å². The van der Waals surface area contributed by atoms with Gasteiger partial charge < -0.3 is 26.0 Å². The van der Waals surface area contributed by atoms with Crippen LogP contribution in [0, 0.1) is 5.41 Å². The number of carbonyl (C=O) groups is 1. The smallest absolute Gasteiger partial charge is 0.270 e. The lowest BCUT2D eigenvalue weighted by Gasteiger charge is -2.24. The van der Waals surface area contributed by atoms with Crippen molar-refractivity contribution in [2.24, 2.45) is 0 Å². The topological polar surface area (TPSA) is 111 Å². The highest BCUT2D eigenvalue weighted by atomic mass is 16.5. The van der Waals surface area contributed by atoms with Gasteiger partial charge in [0.2, 0.25) is 5.88 Å². The molecule has 1 unspecified atom stereocenters. The highest BCUT2D eigenvalue weighted by molar-refractivity contribution is 6.45. The molecule has 148 valence electrons. The summed E-state index contributed by atoms with van der Waals surface area (Å²) >= 11 is 0. The number of hydrogen-bond acceptors (Lipinski definition) is 7. The van der Waals surface area contributed by atoms with Gasteiger partial charge in [-0.25, -0.2) is 0 Å². The summed E-state index contributed by atoms with van der Waals surface area (Å²) in [7, 11) is 1.73. The molecule has 2 aliphatic heterocycles. The fourth-order valence-corrected chi connectivity index (χ4v) is 3.51. The number of anilines is 1. The van der Waals surface area contributed by atoms with Crippen molar-refractivity contribution >= 4 is 17.4 Å². The van der Waals surface area contributed by atoms with Crippen LogP contribution in [0.15, 0.2) is 12.1 Å². The second-order valence-corrected chi connectivity index (χ2v) is 7.13. The first-order valence-electron chi connectivity index (χ1n) is 9.83. The van der Waals surface area contributed by atoms with Gasteiger partial charge in [-0.05, 0) is 51.4 Å². The zero-order valence-corrected chi connectivity index (χ0v) is 15.9. The number of amides is 1. The predicted molar refractivity (Wildman–Crippen MR) is 106 cm³/mol. The molecule has 5 N–H and O–H groups in total. The Morgan fingerprint density at radius 2 is 2.07 bits per heavy atom. The second kappa shape index (κ2) is 9.66. The van der Waals surface area contributed by atoms with Gasteiger partial charge in [0.1, 0.15) is 18.1 Å². The van der Waals surface area contributed by atoms with E-state index >= 15 is 0 Å². The maximum Gasteiger partial charge on any atom is 0.270 e. The Kier molecular flexibility index (Phi) is 7.00. The SMILES string of the molecule is CNc1nc(OCC2CCCCN2)ccc1C(=N)C(=O)NC1CCNCC1. The summed E-state index contributed by atoms with van der Waals surface area (Å²) in [6.07, 6.45) is 5.32. The fraction of sp³-hybridized carbons (Fsp3) is 0.632. The summed E-state index contributed by atoms with van der Waals surface area (Å²) in [6, 6.07) is 3.93. The monoisotopic (exact) mass is 374 g/mol. The molecule has 8 heteroatoms. The first kappa shape index (κ1) is 19.6. The minimum absolute atomic E-state index is 0.0779. The fourth-order valence-electron chi connectivity index (χ4n) is 3.51. The van der Waals surface area contributed by atoms with Crippen LogP contribution >= 0.6 is 0 Å². The van der Waals surface area contributed by atoms with E-state index in [1.165, 1.54) is 12.8 Å². The van der Waals surface area contributed by atoms with E-state index in [1.54, 1.807) is 19.2 Å². The molecule has 1 aromatic rings. The number of hydrogen-bond donors (Lipinski definition) is 5. The number of pyridine rings is 1. The van der Waals surface area contributed by atoms with Crippen molar-refractivity contribution in [1.82, 2.24) is 20.9 Å². The number of ether oxygens (including phenoxy) is 1. The molecule has 0 aliphatic carbocycles. The first-order chi connectivity index (χ1) is 13.2. The number of rotatable bonds is 7. The number of carbonyl (C=O) groups excluding carboxylic acids is 1. The molecule has 27 heavy (non-hydrogen) atoms. The third kappa shape index (κ3) is 5.40. The molecule has 2 fully saturated rings. The molecule has 1 amide bonds. The zero-order chi connectivity index (χ0) is 19.1. The highest BCUT2D eigenvalue weighted by Gasteiger charge is 2.21. The van der Waals surface area contributed by atoms with Gasteiger partial charge in [0.15, 0.2) is 0 Å². The zero-order valence-electron chi connectivity index (χ0n) is 15.9. The van der Waals surface area contributed by atoms with Gasteiger partial charge in [0.25, 0.3) is 5.91 Å². The lowest BCUT2D eigenvalue weighted by atomic mass is 10.1. The average Bonchev–Trinajstić information content (AvgIpc) is 2.73. The van der Waals surface area contributed by atoms with Crippen LogP contribution in [-0.2, 0) is 4.79 Å². The van der Waals surface area contributed by atoms with E-state index in [4.69, 9.17) is 10.1 Å². The van der Waals surface area contributed by atoms with Gasteiger partial charge in [-0.15, -0.1) is 0 Å². The van der Waals surface area contributed by atoms with Crippen molar-refractivity contribution in [3.8, 4) is 5.88 Å². The molecular weight excluding hydrogens is 344 g/mol. The minimum atomic E-state index is -0.361. The molecule has 1 atom stereocenters. The average molecular weight is 374 g/mol. The molecule has 2 aliphatic rings. The number of piperidine rings is 2. The van der Waals surface area contributed by atoms with E-state index in [2.05, 4.69) is 26.3 Å². The van der Waals surface area contributed by atoms with Crippen LogP contribution in [0.1, 0.15) is 37.7 Å². The van der Waals surface area contributed by atoms with Crippen LogP contribution in [0.4, 0.5) is 5.82 Å². The Balaban J connectivity index is 1.60. The van der Waals surface area contributed by atoms with E-state index in [0.29, 0.717) is 29.9 Å². The number of nitrogens with zero attached hydrogens (tertiary/aromatic N) is 1. The van der Waals surface area contributed by atoms with Gasteiger partial charge in [0, 0.05) is 30.8 Å². The normalized spacial score (nSPS) is 20.7. The van der Waals surface area contributed by atoms with Crippen molar-refractivity contribution in [3.05, 3.63) is 17.7 Å². The van der Waals surface area contributed by atoms with Crippen LogP contribution in [0.25, 0.3) is 0 Å². The van der Waals surface area contributed by atoms with E-state index in [9.17, 15) is 4.79 Å². The molecule has 0 radical (unpaired) electrons. The van der Waals surface area contributed by atoms with E-state index in [0.717, 1.165) is 38.9 Å². The molecule has 0 saturated carbocycles. The molecule has 1 aromatic heterocycles. The molecular formula is C19H30N6O2. The maximum atomic E-state index is 12.4. The molecule has 0 bridgehead atoms. The van der Waals surface area contributed by atoms with Crippen molar-refractivity contribution in [2.45, 2.75) is 44.2 Å². The largest absolute Gasteiger partial charge is 0.476 e. The summed E-state index contributed by atoms with van der Waals surface area (Å²) in [5.41, 5.74) is 0.401. The lowest BCUT2D eigenvalue weighted by Crippen LogP contribution is -2.45. The second-order valence-electron chi connectivity index (χ2n) is 7.13. The third-order valence-electron chi connectivity index (χ3n) is 5.12. The summed E-state index contributed by atoms with van der Waals surface area (Å²) in [4.78, 5) is 16.9. The Bertz CT molecular complexity index is 654.